The summed E-state index contributed by atoms with van der Waals surface area (Å²) in [6, 6.07) is 0. The van der Waals surface area contributed by atoms with E-state index in [0.29, 0.717) is 0 Å². The monoisotopic (exact) mass is 151 g/mol. The quantitative estimate of drug-likeness (QED) is 0.676. The fourth-order valence-electron chi connectivity index (χ4n) is 1.38. The van der Waals surface area contributed by atoms with Crippen LogP contribution in [0, 0.1) is 0 Å². The molecule has 0 spiro atoms. The van der Waals surface area contributed by atoms with Crippen molar-refractivity contribution in [3.05, 3.63) is 17.5 Å². The summed E-state index contributed by atoms with van der Waals surface area (Å²) in [5, 5.41) is 10.2. The molecular formula is C8H13N3. The molecule has 2 rings (SSSR count). The van der Waals surface area contributed by atoms with Crippen molar-refractivity contribution in [1.82, 2.24) is 15.5 Å². The highest BCUT2D eigenvalue weighted by atomic mass is 15.1. The van der Waals surface area contributed by atoms with Gasteiger partial charge >= 0.3 is 0 Å². The Morgan fingerprint density at radius 2 is 2.55 bits per heavy atom. The maximum absolute atomic E-state index is 4.04. The van der Waals surface area contributed by atoms with Crippen LogP contribution in [0.3, 0.4) is 0 Å². The number of hydrogen-bond donors (Lipinski definition) is 2. The minimum Gasteiger partial charge on any atom is -0.316 e. The number of hydrogen-bond acceptors (Lipinski definition) is 2. The minimum atomic E-state index is 0.779. The standard InChI is InChI=1S/C8H13N3/c1-9-4-7-5-10-11-8(7)6-2-3-6/h5-6,9H,2-4H2,1H3,(H,10,11). The van der Waals surface area contributed by atoms with E-state index >= 15 is 0 Å². The van der Waals surface area contributed by atoms with Crippen molar-refractivity contribution in [3.8, 4) is 0 Å². The molecule has 3 heteroatoms. The summed E-state index contributed by atoms with van der Waals surface area (Å²) in [4.78, 5) is 0. The van der Waals surface area contributed by atoms with Crippen LogP contribution in [0.15, 0.2) is 6.20 Å². The van der Waals surface area contributed by atoms with Gasteiger partial charge in [0.25, 0.3) is 0 Å². The molecule has 0 unspecified atom stereocenters. The van der Waals surface area contributed by atoms with Gasteiger partial charge in [-0.2, -0.15) is 5.10 Å². The summed E-state index contributed by atoms with van der Waals surface area (Å²) in [5.41, 5.74) is 2.68. The highest BCUT2D eigenvalue weighted by Gasteiger charge is 2.27. The molecule has 1 heterocycles. The number of rotatable bonds is 3. The Hall–Kier alpha value is -0.830. The number of nitrogens with zero attached hydrogens (tertiary/aromatic N) is 1. The second-order valence-electron chi connectivity index (χ2n) is 3.11. The van der Waals surface area contributed by atoms with Crippen LogP contribution in [0.4, 0.5) is 0 Å². The molecule has 0 aromatic carbocycles. The Bertz CT molecular complexity index is 237. The smallest absolute Gasteiger partial charge is 0.0535 e. The third-order valence-corrected chi connectivity index (χ3v) is 2.10. The summed E-state index contributed by atoms with van der Waals surface area (Å²) in [5.74, 6) is 0.779. The highest BCUT2D eigenvalue weighted by Crippen LogP contribution is 2.40. The van der Waals surface area contributed by atoms with Gasteiger partial charge in [0.05, 0.1) is 6.20 Å². The van der Waals surface area contributed by atoms with Crippen molar-refractivity contribution < 1.29 is 0 Å². The zero-order valence-corrected chi connectivity index (χ0v) is 6.72. The van der Waals surface area contributed by atoms with Gasteiger partial charge in [0.2, 0.25) is 0 Å². The van der Waals surface area contributed by atoms with Crippen LogP contribution in [0.5, 0.6) is 0 Å². The molecule has 1 aromatic heterocycles. The summed E-state index contributed by atoms with van der Waals surface area (Å²) in [6.45, 7) is 0.933. The number of H-pyrrole nitrogens is 1. The van der Waals surface area contributed by atoms with Crippen molar-refractivity contribution >= 4 is 0 Å². The third-order valence-electron chi connectivity index (χ3n) is 2.10. The van der Waals surface area contributed by atoms with Gasteiger partial charge in [-0.05, 0) is 19.9 Å². The van der Waals surface area contributed by atoms with Gasteiger partial charge in [-0.15, -0.1) is 0 Å². The fraction of sp³-hybridized carbons (Fsp3) is 0.625. The van der Waals surface area contributed by atoms with E-state index in [9.17, 15) is 0 Å². The van der Waals surface area contributed by atoms with Crippen molar-refractivity contribution in [2.45, 2.75) is 25.3 Å². The topological polar surface area (TPSA) is 40.7 Å². The van der Waals surface area contributed by atoms with E-state index in [1.54, 1.807) is 0 Å². The lowest BCUT2D eigenvalue weighted by Crippen LogP contribution is -2.05. The van der Waals surface area contributed by atoms with Gasteiger partial charge in [0, 0.05) is 23.7 Å². The molecule has 0 bridgehead atoms. The SMILES string of the molecule is CNCc1cn[nH]c1C1CC1. The molecule has 0 radical (unpaired) electrons. The minimum absolute atomic E-state index is 0.779. The zero-order chi connectivity index (χ0) is 7.68. The molecule has 0 saturated heterocycles. The second-order valence-corrected chi connectivity index (χ2v) is 3.11. The van der Waals surface area contributed by atoms with E-state index in [1.807, 2.05) is 13.2 Å². The van der Waals surface area contributed by atoms with Crippen LogP contribution >= 0.6 is 0 Å². The van der Waals surface area contributed by atoms with Crippen LogP contribution in [0.25, 0.3) is 0 Å². The summed E-state index contributed by atoms with van der Waals surface area (Å²) in [6.07, 6.45) is 4.59. The molecule has 1 aliphatic rings. The van der Waals surface area contributed by atoms with Crippen molar-refractivity contribution in [1.29, 1.82) is 0 Å². The molecule has 0 aliphatic heterocycles. The lowest BCUT2D eigenvalue weighted by atomic mass is 10.2. The molecule has 0 atom stereocenters. The molecule has 1 fully saturated rings. The van der Waals surface area contributed by atoms with E-state index < -0.39 is 0 Å². The van der Waals surface area contributed by atoms with Gasteiger partial charge < -0.3 is 5.32 Å². The van der Waals surface area contributed by atoms with E-state index in [2.05, 4.69) is 15.5 Å². The maximum atomic E-state index is 4.04. The Balaban J connectivity index is 2.16. The predicted octanol–water partition coefficient (Wildman–Crippen LogP) is 1.01. The molecule has 3 nitrogen and oxygen atoms in total. The number of nitrogens with one attached hydrogen (secondary N) is 2. The Kier molecular flexibility index (Phi) is 1.66. The van der Waals surface area contributed by atoms with E-state index in [1.165, 1.54) is 24.1 Å². The second kappa shape index (κ2) is 2.66. The highest BCUT2D eigenvalue weighted by molar-refractivity contribution is 5.23. The van der Waals surface area contributed by atoms with Gasteiger partial charge in [-0.1, -0.05) is 0 Å². The average molecular weight is 151 g/mol. The first kappa shape index (κ1) is 6.85. The van der Waals surface area contributed by atoms with Crippen molar-refractivity contribution in [3.63, 3.8) is 0 Å². The summed E-state index contributed by atoms with van der Waals surface area (Å²) >= 11 is 0. The Morgan fingerprint density at radius 1 is 1.73 bits per heavy atom. The molecular weight excluding hydrogens is 138 g/mol. The van der Waals surface area contributed by atoms with Crippen molar-refractivity contribution in [2.75, 3.05) is 7.05 Å². The predicted molar refractivity (Wildman–Crippen MR) is 43.3 cm³/mol. The van der Waals surface area contributed by atoms with Crippen LogP contribution in [0.2, 0.25) is 0 Å². The first-order valence-corrected chi connectivity index (χ1v) is 4.08. The fourth-order valence-corrected chi connectivity index (χ4v) is 1.38. The van der Waals surface area contributed by atoms with Crippen molar-refractivity contribution in [2.24, 2.45) is 0 Å². The van der Waals surface area contributed by atoms with E-state index in [-0.39, 0.29) is 0 Å². The van der Waals surface area contributed by atoms with Crippen LogP contribution in [-0.2, 0) is 6.54 Å². The Labute approximate surface area is 66.2 Å². The average Bonchev–Trinajstić information content (AvgIpc) is 2.75. The molecule has 1 aliphatic carbocycles. The lowest BCUT2D eigenvalue weighted by molar-refractivity contribution is 0.802. The number of aromatic amines is 1. The largest absolute Gasteiger partial charge is 0.316 e. The zero-order valence-electron chi connectivity index (χ0n) is 6.72. The van der Waals surface area contributed by atoms with Gasteiger partial charge in [-0.25, -0.2) is 0 Å². The van der Waals surface area contributed by atoms with E-state index in [0.717, 1.165) is 12.5 Å². The molecule has 0 amide bonds. The van der Waals surface area contributed by atoms with E-state index in [4.69, 9.17) is 0 Å². The Morgan fingerprint density at radius 3 is 3.18 bits per heavy atom. The molecule has 11 heavy (non-hydrogen) atoms. The lowest BCUT2D eigenvalue weighted by Gasteiger charge is -1.98. The van der Waals surface area contributed by atoms with Crippen LogP contribution in [0.1, 0.15) is 30.0 Å². The number of aromatic nitrogens is 2. The van der Waals surface area contributed by atoms with Crippen LogP contribution in [-0.4, -0.2) is 17.2 Å². The molecule has 1 saturated carbocycles. The third kappa shape index (κ3) is 1.28. The molecule has 60 valence electrons. The summed E-state index contributed by atoms with van der Waals surface area (Å²) in [7, 11) is 1.96. The van der Waals surface area contributed by atoms with Gasteiger partial charge in [-0.3, -0.25) is 5.10 Å². The molecule has 1 aromatic rings. The van der Waals surface area contributed by atoms with Gasteiger partial charge in [0.1, 0.15) is 0 Å². The first-order valence-electron chi connectivity index (χ1n) is 4.08. The first-order chi connectivity index (χ1) is 5.42. The summed E-state index contributed by atoms with van der Waals surface area (Å²) < 4.78 is 0. The normalized spacial score (nSPS) is 17.2. The maximum Gasteiger partial charge on any atom is 0.0535 e. The molecule has 2 N–H and O–H groups in total. The van der Waals surface area contributed by atoms with Crippen LogP contribution < -0.4 is 5.32 Å². The van der Waals surface area contributed by atoms with Gasteiger partial charge in [0.15, 0.2) is 0 Å².